The molecule has 2 heterocycles. The molecule has 0 amide bonds. The Morgan fingerprint density at radius 1 is 0.950 bits per heavy atom. The first-order valence-electron chi connectivity index (χ1n) is 13.6. The molecule has 0 saturated carbocycles. The highest BCUT2D eigenvalue weighted by atomic mass is 79.9. The van der Waals surface area contributed by atoms with Crippen LogP contribution in [0.2, 0.25) is 0 Å². The molecule has 0 bridgehead atoms. The maximum Gasteiger partial charge on any atom is 0.337 e. The van der Waals surface area contributed by atoms with Gasteiger partial charge in [0.1, 0.15) is 23.6 Å². The highest BCUT2D eigenvalue weighted by Gasteiger charge is 2.21. The number of imidazole rings is 1. The van der Waals surface area contributed by atoms with Gasteiger partial charge in [-0.3, -0.25) is 4.90 Å². The summed E-state index contributed by atoms with van der Waals surface area (Å²) in [5, 5.41) is 0. The molecule has 40 heavy (non-hydrogen) atoms. The first kappa shape index (κ1) is 27.9. The van der Waals surface area contributed by atoms with Crippen molar-refractivity contribution in [3.63, 3.8) is 0 Å². The van der Waals surface area contributed by atoms with E-state index in [9.17, 15) is 4.79 Å². The number of hydrogen-bond donors (Lipinski definition) is 0. The Kier molecular flexibility index (Phi) is 9.19. The van der Waals surface area contributed by atoms with Crippen molar-refractivity contribution >= 4 is 21.9 Å². The lowest BCUT2D eigenvalue weighted by Crippen LogP contribution is -2.25. The molecule has 0 saturated heterocycles. The summed E-state index contributed by atoms with van der Waals surface area (Å²) in [7, 11) is 1.40. The van der Waals surface area contributed by atoms with E-state index >= 15 is 0 Å². The number of hydrogen-bond acceptors (Lipinski definition) is 6. The lowest BCUT2D eigenvalue weighted by atomic mass is 10.1. The Labute approximate surface area is 243 Å². The lowest BCUT2D eigenvalue weighted by Gasteiger charge is -2.25. The molecule has 1 aliphatic rings. The molecule has 8 heteroatoms. The fourth-order valence-corrected chi connectivity index (χ4v) is 5.43. The molecule has 4 aromatic rings. The van der Waals surface area contributed by atoms with Crippen molar-refractivity contribution < 1.29 is 19.0 Å². The molecule has 208 valence electrons. The minimum absolute atomic E-state index is 0.336. The Hall–Kier alpha value is -3.62. The summed E-state index contributed by atoms with van der Waals surface area (Å²) < 4.78 is 19.7. The van der Waals surface area contributed by atoms with Gasteiger partial charge in [0, 0.05) is 31.7 Å². The van der Waals surface area contributed by atoms with E-state index in [0.717, 1.165) is 63.7 Å². The largest absolute Gasteiger partial charge is 0.486 e. The molecular formula is C32H34BrN3O4. The molecule has 5 rings (SSSR count). The lowest BCUT2D eigenvalue weighted by molar-refractivity contribution is 0.0600. The van der Waals surface area contributed by atoms with Gasteiger partial charge < -0.3 is 18.8 Å². The van der Waals surface area contributed by atoms with Gasteiger partial charge in [0.05, 0.1) is 18.4 Å². The van der Waals surface area contributed by atoms with Crippen LogP contribution < -0.4 is 9.47 Å². The number of benzene rings is 3. The average molecular weight is 605 g/mol. The first-order chi connectivity index (χ1) is 19.6. The van der Waals surface area contributed by atoms with E-state index < -0.39 is 0 Å². The van der Waals surface area contributed by atoms with E-state index in [1.165, 1.54) is 7.11 Å². The Morgan fingerprint density at radius 2 is 1.65 bits per heavy atom. The van der Waals surface area contributed by atoms with Crippen LogP contribution in [0, 0.1) is 0 Å². The van der Waals surface area contributed by atoms with Gasteiger partial charge in [0.25, 0.3) is 0 Å². The van der Waals surface area contributed by atoms with Gasteiger partial charge in [-0.05, 0) is 57.7 Å². The summed E-state index contributed by atoms with van der Waals surface area (Å²) in [6, 6.07) is 24.1. The van der Waals surface area contributed by atoms with Crippen LogP contribution in [0.1, 0.15) is 46.9 Å². The van der Waals surface area contributed by atoms with Gasteiger partial charge >= 0.3 is 5.97 Å². The van der Waals surface area contributed by atoms with E-state index in [0.29, 0.717) is 38.4 Å². The van der Waals surface area contributed by atoms with Gasteiger partial charge in [-0.2, -0.15) is 0 Å². The molecular weight excluding hydrogens is 570 g/mol. The molecule has 0 atom stereocenters. The summed E-state index contributed by atoms with van der Waals surface area (Å²) in [6.07, 6.45) is 2.16. The van der Waals surface area contributed by atoms with Gasteiger partial charge in [0.2, 0.25) is 0 Å². The SMILES string of the molecule is CCCCn1c(-c2ccccc2)nc(Br)c1CN(Cc1ccc(C(=O)OC)cc1)Cc1ccc2c(c1)OCCO2. The normalized spacial score (nSPS) is 12.5. The quantitative estimate of drug-likeness (QED) is 0.174. The van der Waals surface area contributed by atoms with Crippen molar-refractivity contribution in [2.24, 2.45) is 0 Å². The molecule has 7 nitrogen and oxygen atoms in total. The average Bonchev–Trinajstić information content (AvgIpc) is 3.30. The Bertz CT molecular complexity index is 1440. The number of rotatable bonds is 11. The summed E-state index contributed by atoms with van der Waals surface area (Å²) in [4.78, 5) is 19.3. The summed E-state index contributed by atoms with van der Waals surface area (Å²) in [6.45, 7) is 6.28. The topological polar surface area (TPSA) is 65.8 Å². The Morgan fingerprint density at radius 3 is 2.38 bits per heavy atom. The molecule has 3 aromatic carbocycles. The number of ether oxygens (including phenoxy) is 3. The van der Waals surface area contributed by atoms with E-state index in [4.69, 9.17) is 19.2 Å². The predicted octanol–water partition coefficient (Wildman–Crippen LogP) is 6.87. The molecule has 0 spiro atoms. The van der Waals surface area contributed by atoms with Crippen LogP contribution in [0.4, 0.5) is 0 Å². The van der Waals surface area contributed by atoms with Crippen LogP contribution in [0.25, 0.3) is 11.4 Å². The van der Waals surface area contributed by atoms with Crippen LogP contribution in [0.15, 0.2) is 77.4 Å². The van der Waals surface area contributed by atoms with Crippen molar-refractivity contribution in [1.29, 1.82) is 0 Å². The smallest absolute Gasteiger partial charge is 0.337 e. The third-order valence-electron chi connectivity index (χ3n) is 6.96. The second-order valence-electron chi connectivity index (χ2n) is 9.86. The van der Waals surface area contributed by atoms with Crippen LogP contribution in [-0.2, 0) is 30.9 Å². The Balaban J connectivity index is 1.47. The van der Waals surface area contributed by atoms with E-state index in [2.05, 4.69) is 56.6 Å². The number of fused-ring (bicyclic) bond motifs is 1. The molecule has 0 radical (unpaired) electrons. The number of unbranched alkanes of at least 4 members (excludes halogenated alkanes) is 1. The molecule has 0 aliphatic carbocycles. The third kappa shape index (κ3) is 6.57. The summed E-state index contributed by atoms with van der Waals surface area (Å²) in [5.74, 6) is 2.20. The number of nitrogens with zero attached hydrogens (tertiary/aromatic N) is 3. The fourth-order valence-electron chi connectivity index (χ4n) is 4.92. The van der Waals surface area contributed by atoms with E-state index in [1.807, 2.05) is 48.5 Å². The van der Waals surface area contributed by atoms with Crippen molar-refractivity contribution in [3.8, 4) is 22.9 Å². The summed E-state index contributed by atoms with van der Waals surface area (Å²) in [5.41, 5.74) is 5.01. The van der Waals surface area contributed by atoms with Gasteiger partial charge in [-0.25, -0.2) is 9.78 Å². The monoisotopic (exact) mass is 603 g/mol. The highest BCUT2D eigenvalue weighted by molar-refractivity contribution is 9.10. The second kappa shape index (κ2) is 13.2. The second-order valence-corrected chi connectivity index (χ2v) is 10.6. The zero-order valence-electron chi connectivity index (χ0n) is 22.9. The maximum atomic E-state index is 12.0. The zero-order chi connectivity index (χ0) is 27.9. The molecule has 0 N–H and O–H groups in total. The number of carbonyl (C=O) groups excluding carboxylic acids is 1. The highest BCUT2D eigenvalue weighted by Crippen LogP contribution is 2.32. The van der Waals surface area contributed by atoms with Crippen molar-refractivity contribution in [2.75, 3.05) is 20.3 Å². The van der Waals surface area contributed by atoms with Crippen LogP contribution in [0.5, 0.6) is 11.5 Å². The fraction of sp³-hybridized carbons (Fsp3) is 0.312. The van der Waals surface area contributed by atoms with Gasteiger partial charge in [-0.15, -0.1) is 0 Å². The predicted molar refractivity (Wildman–Crippen MR) is 158 cm³/mol. The minimum atomic E-state index is -0.336. The number of aromatic nitrogens is 2. The van der Waals surface area contributed by atoms with Crippen LogP contribution in [-0.4, -0.2) is 40.7 Å². The number of carbonyl (C=O) groups is 1. The molecule has 1 aliphatic heterocycles. The van der Waals surface area contributed by atoms with Crippen molar-refractivity contribution in [1.82, 2.24) is 14.5 Å². The van der Waals surface area contributed by atoms with E-state index in [1.54, 1.807) is 0 Å². The number of esters is 1. The van der Waals surface area contributed by atoms with Crippen LogP contribution >= 0.6 is 15.9 Å². The molecule has 0 fully saturated rings. The minimum Gasteiger partial charge on any atom is -0.486 e. The van der Waals surface area contributed by atoms with Gasteiger partial charge in [-0.1, -0.05) is 61.9 Å². The number of methoxy groups -OCH3 is 1. The van der Waals surface area contributed by atoms with E-state index in [-0.39, 0.29) is 5.97 Å². The van der Waals surface area contributed by atoms with Gasteiger partial charge in [0.15, 0.2) is 11.5 Å². The zero-order valence-corrected chi connectivity index (χ0v) is 24.5. The molecule has 1 aromatic heterocycles. The maximum absolute atomic E-state index is 12.0. The van der Waals surface area contributed by atoms with Crippen molar-refractivity contribution in [3.05, 3.63) is 99.8 Å². The third-order valence-corrected chi connectivity index (χ3v) is 7.59. The first-order valence-corrected chi connectivity index (χ1v) is 14.4. The standard InChI is InChI=1S/C32H34BrN3O4/c1-3-4-16-36-27(30(33)34-31(36)25-8-6-5-7-9-25)22-35(20-23-10-13-26(14-11-23)32(37)38-2)21-24-12-15-28-29(19-24)40-18-17-39-28/h5-15,19H,3-4,16-18,20-22H2,1-2H3. The number of halogens is 1. The molecule has 0 unspecified atom stereocenters. The summed E-state index contributed by atoms with van der Waals surface area (Å²) >= 11 is 3.79. The van der Waals surface area contributed by atoms with Crippen LogP contribution in [0.3, 0.4) is 0 Å². The van der Waals surface area contributed by atoms with Crippen molar-refractivity contribution in [2.45, 2.75) is 45.9 Å².